The van der Waals surface area contributed by atoms with Crippen LogP contribution in [0.1, 0.15) is 16.0 Å². The number of thioether (sulfide) groups is 1. The molecule has 3 rings (SSSR count). The number of thiophene rings is 1. The van der Waals surface area contributed by atoms with Crippen molar-refractivity contribution in [2.75, 3.05) is 5.32 Å². The topological polar surface area (TPSA) is 59.8 Å². The van der Waals surface area contributed by atoms with Gasteiger partial charge in [0.2, 0.25) is 5.82 Å². The highest BCUT2D eigenvalue weighted by Crippen LogP contribution is 2.23. The Labute approximate surface area is 148 Å². The van der Waals surface area contributed by atoms with Crippen molar-refractivity contribution in [3.05, 3.63) is 62.1 Å². The molecule has 124 valence electrons. The zero-order valence-electron chi connectivity index (χ0n) is 13.7. The Morgan fingerprint density at radius 2 is 2.04 bits per heavy atom. The Bertz CT molecular complexity index is 903. The molecular formula is C17H18N4OS2. The van der Waals surface area contributed by atoms with Gasteiger partial charge >= 0.3 is 0 Å². The first-order valence-electron chi connectivity index (χ1n) is 7.48. The summed E-state index contributed by atoms with van der Waals surface area (Å²) in [7, 11) is 1.72. The van der Waals surface area contributed by atoms with E-state index in [2.05, 4.69) is 21.6 Å². The predicted octanol–water partition coefficient (Wildman–Crippen LogP) is 3.89. The van der Waals surface area contributed by atoms with Crippen LogP contribution in [0.15, 0.2) is 45.7 Å². The minimum absolute atomic E-state index is 0.181. The number of aryl methyl sites for hydroxylation is 1. The number of rotatable bonds is 5. The standard InChI is InChI=1S/C17H18N4OS2/c1-11-6-4-8-14(12(11)2)18-15-16(22)21(3)17(20-19-15)24-10-13-7-5-9-23-13/h4-9H,10H2,1-3H3,(H,18,19). The number of hydrogen-bond acceptors (Lipinski definition) is 6. The Morgan fingerprint density at radius 3 is 2.79 bits per heavy atom. The lowest BCUT2D eigenvalue weighted by Crippen LogP contribution is -2.24. The molecule has 0 fully saturated rings. The van der Waals surface area contributed by atoms with Gasteiger partial charge in [-0.2, -0.15) is 0 Å². The average Bonchev–Trinajstić information content (AvgIpc) is 3.09. The molecule has 0 aliphatic carbocycles. The Morgan fingerprint density at radius 1 is 1.21 bits per heavy atom. The second-order valence-electron chi connectivity index (χ2n) is 5.44. The highest BCUT2D eigenvalue weighted by Gasteiger charge is 2.11. The van der Waals surface area contributed by atoms with Gasteiger partial charge in [0, 0.05) is 23.4 Å². The number of benzene rings is 1. The van der Waals surface area contributed by atoms with Gasteiger partial charge < -0.3 is 5.32 Å². The highest BCUT2D eigenvalue weighted by atomic mass is 32.2. The average molecular weight is 358 g/mol. The van der Waals surface area contributed by atoms with E-state index >= 15 is 0 Å². The highest BCUT2D eigenvalue weighted by molar-refractivity contribution is 7.98. The number of nitrogens with one attached hydrogen (secondary N) is 1. The first-order valence-corrected chi connectivity index (χ1v) is 9.35. The lowest BCUT2D eigenvalue weighted by Gasteiger charge is -2.11. The molecule has 1 aromatic carbocycles. The maximum atomic E-state index is 12.5. The van der Waals surface area contributed by atoms with Gasteiger partial charge in [-0.05, 0) is 42.5 Å². The van der Waals surface area contributed by atoms with Crippen molar-refractivity contribution in [1.29, 1.82) is 0 Å². The van der Waals surface area contributed by atoms with Gasteiger partial charge in [0.25, 0.3) is 5.56 Å². The molecular weight excluding hydrogens is 340 g/mol. The molecule has 0 unspecified atom stereocenters. The van der Waals surface area contributed by atoms with E-state index in [0.717, 1.165) is 22.6 Å². The third-order valence-corrected chi connectivity index (χ3v) is 5.94. The zero-order valence-corrected chi connectivity index (χ0v) is 15.4. The summed E-state index contributed by atoms with van der Waals surface area (Å²) in [6.07, 6.45) is 0. The van der Waals surface area contributed by atoms with Crippen LogP contribution in [0.5, 0.6) is 0 Å². The van der Waals surface area contributed by atoms with Crippen molar-refractivity contribution in [3.63, 3.8) is 0 Å². The lowest BCUT2D eigenvalue weighted by atomic mass is 10.1. The van der Waals surface area contributed by atoms with Crippen LogP contribution in [0.3, 0.4) is 0 Å². The van der Waals surface area contributed by atoms with E-state index in [-0.39, 0.29) is 11.4 Å². The molecule has 0 amide bonds. The number of nitrogens with zero attached hydrogens (tertiary/aromatic N) is 3. The van der Waals surface area contributed by atoms with E-state index in [9.17, 15) is 4.79 Å². The van der Waals surface area contributed by atoms with Crippen molar-refractivity contribution >= 4 is 34.6 Å². The van der Waals surface area contributed by atoms with E-state index in [1.54, 1.807) is 23.0 Å². The molecule has 0 bridgehead atoms. The largest absolute Gasteiger partial charge is 0.334 e. The number of aromatic nitrogens is 3. The smallest absolute Gasteiger partial charge is 0.297 e. The van der Waals surface area contributed by atoms with Crippen LogP contribution in [0.2, 0.25) is 0 Å². The van der Waals surface area contributed by atoms with Gasteiger partial charge in [-0.15, -0.1) is 21.5 Å². The van der Waals surface area contributed by atoms with Crippen molar-refractivity contribution in [2.45, 2.75) is 24.8 Å². The predicted molar refractivity (Wildman–Crippen MR) is 100 cm³/mol. The molecule has 0 radical (unpaired) electrons. The van der Waals surface area contributed by atoms with Crippen LogP contribution in [0.4, 0.5) is 11.5 Å². The molecule has 0 atom stereocenters. The number of anilines is 2. The van der Waals surface area contributed by atoms with E-state index < -0.39 is 0 Å². The van der Waals surface area contributed by atoms with E-state index in [1.807, 2.05) is 43.5 Å². The summed E-state index contributed by atoms with van der Waals surface area (Å²) in [6.45, 7) is 4.05. The van der Waals surface area contributed by atoms with Crippen molar-refractivity contribution < 1.29 is 0 Å². The third kappa shape index (κ3) is 3.52. The van der Waals surface area contributed by atoms with Crippen LogP contribution in [0, 0.1) is 13.8 Å². The number of hydrogen-bond donors (Lipinski definition) is 1. The fourth-order valence-electron chi connectivity index (χ4n) is 2.20. The third-order valence-electron chi connectivity index (χ3n) is 3.81. The van der Waals surface area contributed by atoms with Gasteiger partial charge in [0.05, 0.1) is 0 Å². The Kier molecular flexibility index (Phi) is 5.01. The normalized spacial score (nSPS) is 10.8. The second-order valence-corrected chi connectivity index (χ2v) is 7.41. The van der Waals surface area contributed by atoms with Crippen molar-refractivity contribution in [3.8, 4) is 0 Å². The van der Waals surface area contributed by atoms with Crippen LogP contribution in [0.25, 0.3) is 0 Å². The molecule has 0 aliphatic rings. The summed E-state index contributed by atoms with van der Waals surface area (Å²) in [5.41, 5.74) is 2.95. The molecule has 7 heteroatoms. The summed E-state index contributed by atoms with van der Waals surface area (Å²) < 4.78 is 1.54. The Hall–Kier alpha value is -2.12. The SMILES string of the molecule is Cc1cccc(Nc2nnc(SCc3cccs3)n(C)c2=O)c1C. The van der Waals surface area contributed by atoms with Gasteiger partial charge in [0.1, 0.15) is 0 Å². The van der Waals surface area contributed by atoms with Gasteiger partial charge in [-0.25, -0.2) is 0 Å². The van der Waals surface area contributed by atoms with E-state index in [4.69, 9.17) is 0 Å². The van der Waals surface area contributed by atoms with Crippen LogP contribution >= 0.6 is 23.1 Å². The molecule has 3 aromatic rings. The van der Waals surface area contributed by atoms with Crippen molar-refractivity contribution in [1.82, 2.24) is 14.8 Å². The lowest BCUT2D eigenvalue weighted by molar-refractivity contribution is 0.667. The maximum absolute atomic E-state index is 12.5. The summed E-state index contributed by atoms with van der Waals surface area (Å²) in [5, 5.41) is 14.1. The quantitative estimate of drug-likeness (QED) is 0.701. The maximum Gasteiger partial charge on any atom is 0.297 e. The minimum atomic E-state index is -0.181. The monoisotopic (exact) mass is 358 g/mol. The molecule has 0 aliphatic heterocycles. The molecule has 2 heterocycles. The first-order chi connectivity index (χ1) is 11.6. The summed E-state index contributed by atoms with van der Waals surface area (Å²) in [4.78, 5) is 13.8. The van der Waals surface area contributed by atoms with E-state index in [0.29, 0.717) is 5.16 Å². The zero-order chi connectivity index (χ0) is 17.1. The molecule has 0 saturated carbocycles. The van der Waals surface area contributed by atoms with Gasteiger partial charge in [-0.1, -0.05) is 30.0 Å². The summed E-state index contributed by atoms with van der Waals surface area (Å²) in [5.74, 6) is 1.02. The molecule has 2 aromatic heterocycles. The molecule has 1 N–H and O–H groups in total. The fourth-order valence-corrected chi connectivity index (χ4v) is 3.88. The molecule has 24 heavy (non-hydrogen) atoms. The molecule has 0 saturated heterocycles. The second kappa shape index (κ2) is 7.19. The Balaban J connectivity index is 1.82. The van der Waals surface area contributed by atoms with E-state index in [1.165, 1.54) is 16.6 Å². The van der Waals surface area contributed by atoms with Crippen LogP contribution < -0.4 is 10.9 Å². The first kappa shape index (κ1) is 16.7. The minimum Gasteiger partial charge on any atom is -0.334 e. The fraction of sp³-hybridized carbons (Fsp3) is 0.235. The molecule has 5 nitrogen and oxygen atoms in total. The van der Waals surface area contributed by atoms with Crippen LogP contribution in [-0.4, -0.2) is 14.8 Å². The molecule has 0 spiro atoms. The van der Waals surface area contributed by atoms with Crippen LogP contribution in [-0.2, 0) is 12.8 Å². The summed E-state index contributed by atoms with van der Waals surface area (Å²) >= 11 is 3.20. The summed E-state index contributed by atoms with van der Waals surface area (Å²) in [6, 6.07) is 10.0. The van der Waals surface area contributed by atoms with Gasteiger partial charge in [0.15, 0.2) is 5.16 Å². The van der Waals surface area contributed by atoms with Crippen molar-refractivity contribution in [2.24, 2.45) is 7.05 Å². The van der Waals surface area contributed by atoms with Gasteiger partial charge in [-0.3, -0.25) is 9.36 Å².